The molecule has 1 rings (SSSR count). The molecule has 1 aliphatic rings. The fourth-order valence-electron chi connectivity index (χ4n) is 3.06. The monoisotopic (exact) mass is 212 g/mol. The van der Waals surface area contributed by atoms with Crippen molar-refractivity contribution in [3.8, 4) is 0 Å². The summed E-state index contributed by atoms with van der Waals surface area (Å²) in [6.07, 6.45) is 10.6. The van der Waals surface area contributed by atoms with Gasteiger partial charge in [0.2, 0.25) is 0 Å². The molecule has 0 aliphatic heterocycles. The highest BCUT2D eigenvalue weighted by Gasteiger charge is 2.37. The molecular formula is C14H28O. The minimum absolute atomic E-state index is 0.338. The van der Waals surface area contributed by atoms with Crippen molar-refractivity contribution in [2.75, 3.05) is 0 Å². The minimum Gasteiger partial charge on any atom is -0.390 e. The fraction of sp³-hybridized carbons (Fsp3) is 1.00. The Bertz CT molecular complexity index is 186. The molecule has 0 radical (unpaired) electrons. The largest absolute Gasteiger partial charge is 0.390 e. The van der Waals surface area contributed by atoms with E-state index in [0.29, 0.717) is 5.41 Å². The second-order valence-electron chi connectivity index (χ2n) is 6.23. The maximum atomic E-state index is 10.5. The van der Waals surface area contributed by atoms with Crippen LogP contribution < -0.4 is 0 Å². The third-order valence-corrected chi connectivity index (χ3v) is 3.80. The lowest BCUT2D eigenvalue weighted by Crippen LogP contribution is -2.38. The van der Waals surface area contributed by atoms with Crippen LogP contribution in [-0.2, 0) is 0 Å². The Morgan fingerprint density at radius 1 is 1.07 bits per heavy atom. The van der Waals surface area contributed by atoms with Gasteiger partial charge in [0.1, 0.15) is 0 Å². The van der Waals surface area contributed by atoms with Crippen molar-refractivity contribution in [2.24, 2.45) is 5.41 Å². The van der Waals surface area contributed by atoms with Gasteiger partial charge in [0.05, 0.1) is 5.60 Å². The van der Waals surface area contributed by atoms with Crippen LogP contribution in [0.5, 0.6) is 0 Å². The van der Waals surface area contributed by atoms with Crippen molar-refractivity contribution < 1.29 is 5.11 Å². The molecule has 0 aromatic rings. The number of hydrogen-bond acceptors (Lipinski definition) is 1. The maximum Gasteiger partial charge on any atom is 0.0653 e. The van der Waals surface area contributed by atoms with Crippen molar-refractivity contribution in [1.82, 2.24) is 0 Å². The van der Waals surface area contributed by atoms with Crippen LogP contribution >= 0.6 is 0 Å². The van der Waals surface area contributed by atoms with Gasteiger partial charge in [0.15, 0.2) is 0 Å². The van der Waals surface area contributed by atoms with Gasteiger partial charge in [-0.25, -0.2) is 0 Å². The van der Waals surface area contributed by atoms with Crippen LogP contribution in [0.2, 0.25) is 0 Å². The molecule has 1 fully saturated rings. The van der Waals surface area contributed by atoms with E-state index in [1.165, 1.54) is 38.5 Å². The molecule has 0 aromatic carbocycles. The van der Waals surface area contributed by atoms with Crippen molar-refractivity contribution in [2.45, 2.75) is 84.2 Å². The Kier molecular flexibility index (Phi) is 4.64. The van der Waals surface area contributed by atoms with Crippen molar-refractivity contribution in [1.29, 1.82) is 0 Å². The van der Waals surface area contributed by atoms with Crippen molar-refractivity contribution in [3.05, 3.63) is 0 Å². The van der Waals surface area contributed by atoms with Gasteiger partial charge < -0.3 is 5.11 Å². The van der Waals surface area contributed by atoms with Crippen LogP contribution in [0.15, 0.2) is 0 Å². The SMILES string of the molecule is CCCCCCC1(O)CCCC(C)(C)C1. The number of unbranched alkanes of at least 4 members (excludes halogenated alkanes) is 3. The van der Waals surface area contributed by atoms with E-state index in [2.05, 4.69) is 20.8 Å². The Morgan fingerprint density at radius 3 is 2.40 bits per heavy atom. The van der Waals surface area contributed by atoms with Crippen LogP contribution in [0.3, 0.4) is 0 Å². The van der Waals surface area contributed by atoms with Crippen LogP contribution in [0.25, 0.3) is 0 Å². The summed E-state index contributed by atoms with van der Waals surface area (Å²) in [4.78, 5) is 0. The summed E-state index contributed by atoms with van der Waals surface area (Å²) in [7, 11) is 0. The first-order valence-electron chi connectivity index (χ1n) is 6.70. The molecule has 1 saturated carbocycles. The third kappa shape index (κ3) is 4.55. The highest BCUT2D eigenvalue weighted by molar-refractivity contribution is 4.90. The predicted molar refractivity (Wildman–Crippen MR) is 66.0 cm³/mol. The van der Waals surface area contributed by atoms with Gasteiger partial charge in [0.25, 0.3) is 0 Å². The molecule has 1 aliphatic carbocycles. The molecule has 0 bridgehead atoms. The molecule has 1 N–H and O–H groups in total. The molecular weight excluding hydrogens is 184 g/mol. The lowest BCUT2D eigenvalue weighted by molar-refractivity contribution is -0.0465. The summed E-state index contributed by atoms with van der Waals surface area (Å²) in [5, 5.41) is 10.5. The first kappa shape index (κ1) is 13.0. The zero-order valence-electron chi connectivity index (χ0n) is 10.8. The third-order valence-electron chi connectivity index (χ3n) is 3.80. The summed E-state index contributed by atoms with van der Waals surface area (Å²) in [5.74, 6) is 0. The van der Waals surface area contributed by atoms with E-state index in [1.807, 2.05) is 0 Å². The summed E-state index contributed by atoms with van der Waals surface area (Å²) in [6.45, 7) is 6.82. The summed E-state index contributed by atoms with van der Waals surface area (Å²) in [6, 6.07) is 0. The van der Waals surface area contributed by atoms with E-state index >= 15 is 0 Å². The first-order valence-corrected chi connectivity index (χ1v) is 6.70. The van der Waals surface area contributed by atoms with Crippen LogP contribution in [0, 0.1) is 5.41 Å². The van der Waals surface area contributed by atoms with Crippen molar-refractivity contribution in [3.63, 3.8) is 0 Å². The summed E-state index contributed by atoms with van der Waals surface area (Å²) in [5.41, 5.74) is 0.0211. The fourth-order valence-corrected chi connectivity index (χ4v) is 3.06. The summed E-state index contributed by atoms with van der Waals surface area (Å²) < 4.78 is 0. The number of aliphatic hydroxyl groups is 1. The zero-order valence-corrected chi connectivity index (χ0v) is 10.8. The highest BCUT2D eigenvalue weighted by atomic mass is 16.3. The average molecular weight is 212 g/mol. The molecule has 1 heteroatoms. The zero-order chi connectivity index (χ0) is 11.4. The van der Waals surface area contributed by atoms with Crippen molar-refractivity contribution >= 4 is 0 Å². The van der Waals surface area contributed by atoms with Gasteiger partial charge in [-0.2, -0.15) is 0 Å². The lowest BCUT2D eigenvalue weighted by atomic mass is 9.68. The highest BCUT2D eigenvalue weighted by Crippen LogP contribution is 2.43. The first-order chi connectivity index (χ1) is 6.97. The normalized spacial score (nSPS) is 30.4. The average Bonchev–Trinajstić information content (AvgIpc) is 2.10. The molecule has 0 aromatic heterocycles. The van der Waals surface area contributed by atoms with E-state index in [-0.39, 0.29) is 5.60 Å². The standard InChI is InChI=1S/C14H28O/c1-4-5-6-7-10-14(15)11-8-9-13(2,3)12-14/h15H,4-12H2,1-3H3. The number of hydrogen-bond donors (Lipinski definition) is 1. The van der Waals surface area contributed by atoms with E-state index in [9.17, 15) is 5.11 Å². The van der Waals surface area contributed by atoms with E-state index in [1.54, 1.807) is 0 Å². The molecule has 15 heavy (non-hydrogen) atoms. The van der Waals surface area contributed by atoms with Gasteiger partial charge in [-0.05, 0) is 31.1 Å². The molecule has 90 valence electrons. The molecule has 0 amide bonds. The quantitative estimate of drug-likeness (QED) is 0.674. The van der Waals surface area contributed by atoms with Gasteiger partial charge >= 0.3 is 0 Å². The van der Waals surface area contributed by atoms with Gasteiger partial charge in [-0.1, -0.05) is 52.9 Å². The topological polar surface area (TPSA) is 20.2 Å². The van der Waals surface area contributed by atoms with Crippen LogP contribution in [0.1, 0.15) is 78.6 Å². The van der Waals surface area contributed by atoms with Crippen LogP contribution in [-0.4, -0.2) is 10.7 Å². The second-order valence-corrected chi connectivity index (χ2v) is 6.23. The van der Waals surface area contributed by atoms with Gasteiger partial charge in [0, 0.05) is 0 Å². The predicted octanol–water partition coefficient (Wildman–Crippen LogP) is 4.29. The minimum atomic E-state index is -0.338. The lowest BCUT2D eigenvalue weighted by Gasteiger charge is -2.41. The van der Waals surface area contributed by atoms with Gasteiger partial charge in [-0.3, -0.25) is 0 Å². The van der Waals surface area contributed by atoms with Crippen LogP contribution in [0.4, 0.5) is 0 Å². The molecule has 0 spiro atoms. The molecule has 1 nitrogen and oxygen atoms in total. The number of rotatable bonds is 5. The van der Waals surface area contributed by atoms with E-state index in [0.717, 1.165) is 19.3 Å². The Labute approximate surface area is 95.3 Å². The molecule has 1 atom stereocenters. The maximum absolute atomic E-state index is 10.5. The molecule has 1 unspecified atom stereocenters. The molecule has 0 heterocycles. The van der Waals surface area contributed by atoms with E-state index in [4.69, 9.17) is 0 Å². The summed E-state index contributed by atoms with van der Waals surface area (Å²) >= 11 is 0. The van der Waals surface area contributed by atoms with E-state index < -0.39 is 0 Å². The smallest absolute Gasteiger partial charge is 0.0653 e. The Balaban J connectivity index is 2.31. The second kappa shape index (κ2) is 5.34. The Hall–Kier alpha value is -0.0400. The molecule has 0 saturated heterocycles. The van der Waals surface area contributed by atoms with Gasteiger partial charge in [-0.15, -0.1) is 0 Å². The Morgan fingerprint density at radius 2 is 1.80 bits per heavy atom.